The molecule has 0 aliphatic carbocycles. The first-order valence-corrected chi connectivity index (χ1v) is 11.1. The van der Waals surface area contributed by atoms with Gasteiger partial charge >= 0.3 is 6.18 Å². The normalized spacial score (nSPS) is 18.1. The van der Waals surface area contributed by atoms with Crippen molar-refractivity contribution in [1.82, 2.24) is 9.88 Å². The number of alkyl halides is 3. The molecule has 12 heteroatoms. The fourth-order valence-electron chi connectivity index (χ4n) is 3.67. The lowest BCUT2D eigenvalue weighted by Gasteiger charge is -2.35. The number of nitrogens with zero attached hydrogens (tertiary/aromatic N) is 3. The highest BCUT2D eigenvalue weighted by molar-refractivity contribution is 9.11. The lowest BCUT2D eigenvalue weighted by Crippen LogP contribution is -2.49. The number of carbonyl (C=O) groups excluding carboxylic acids is 2. The molecule has 1 aromatic carbocycles. The van der Waals surface area contributed by atoms with Gasteiger partial charge < -0.3 is 19.3 Å². The number of rotatable bonds is 6. The first kappa shape index (κ1) is 24.3. The molecule has 1 aromatic heterocycles. The smallest absolute Gasteiger partial charge is 0.406 e. The summed E-state index contributed by atoms with van der Waals surface area (Å²) in [7, 11) is 2.88. The minimum absolute atomic E-state index is 0.0983. The quantitative estimate of drug-likeness (QED) is 0.549. The predicted molar refractivity (Wildman–Crippen MR) is 116 cm³/mol. The summed E-state index contributed by atoms with van der Waals surface area (Å²) in [5, 5.41) is 1.54. The molecule has 1 aliphatic heterocycles. The summed E-state index contributed by atoms with van der Waals surface area (Å²) in [5.74, 6) is -0.481. The van der Waals surface area contributed by atoms with Crippen LogP contribution in [0.1, 0.15) is 24.3 Å². The molecule has 0 radical (unpaired) electrons. The van der Waals surface area contributed by atoms with Crippen LogP contribution in [0.15, 0.2) is 27.5 Å². The topological polar surface area (TPSA) is 72.0 Å². The number of amides is 2. The Kier molecular flexibility index (Phi) is 6.75. The monoisotopic (exact) mass is 535 g/mol. The van der Waals surface area contributed by atoms with E-state index in [1.807, 2.05) is 0 Å². The van der Waals surface area contributed by atoms with Gasteiger partial charge in [-0.25, -0.2) is 4.98 Å². The van der Waals surface area contributed by atoms with Crippen LogP contribution < -0.4 is 14.4 Å². The Labute approximate surface area is 195 Å². The zero-order chi connectivity index (χ0) is 23.8. The number of methoxy groups -OCH3 is 2. The summed E-state index contributed by atoms with van der Waals surface area (Å²) in [4.78, 5) is 32.6. The number of halogens is 4. The van der Waals surface area contributed by atoms with Crippen LogP contribution in [0.2, 0.25) is 0 Å². The number of hydrogen-bond acceptors (Lipinski definition) is 6. The van der Waals surface area contributed by atoms with Gasteiger partial charge in [-0.05, 0) is 29.8 Å². The number of aromatic nitrogens is 1. The van der Waals surface area contributed by atoms with Gasteiger partial charge in [0.1, 0.15) is 23.7 Å². The van der Waals surface area contributed by atoms with Gasteiger partial charge in [0.15, 0.2) is 3.92 Å². The van der Waals surface area contributed by atoms with Crippen LogP contribution in [-0.2, 0) is 4.79 Å². The van der Waals surface area contributed by atoms with Crippen LogP contribution in [-0.4, -0.2) is 61.2 Å². The minimum atomic E-state index is -4.56. The number of carbonyl (C=O) groups is 2. The number of benzene rings is 1. The third-order valence-corrected chi connectivity index (χ3v) is 6.64. The highest BCUT2D eigenvalue weighted by atomic mass is 79.9. The fraction of sp³-hybridized carbons (Fsp3) is 0.450. The molecule has 1 aliphatic rings. The van der Waals surface area contributed by atoms with Gasteiger partial charge in [0, 0.05) is 30.1 Å². The van der Waals surface area contributed by atoms with E-state index in [0.717, 1.165) is 4.90 Å². The van der Waals surface area contributed by atoms with Gasteiger partial charge in [-0.3, -0.25) is 9.59 Å². The highest BCUT2D eigenvalue weighted by Gasteiger charge is 2.53. The second kappa shape index (κ2) is 8.89. The SMILES string of the molecule is COc1cc(OC)cc(N(C(=O)c2csc(Br)n2)C2CN(CC(F)(F)F)C(=O)C2(C)C)c1. The Morgan fingerprint density at radius 3 is 2.34 bits per heavy atom. The van der Waals surface area contributed by atoms with Crippen LogP contribution in [0, 0.1) is 5.41 Å². The van der Waals surface area contributed by atoms with E-state index < -0.39 is 36.0 Å². The zero-order valence-corrected chi connectivity index (χ0v) is 20.1. The lowest BCUT2D eigenvalue weighted by molar-refractivity contribution is -0.160. The second-order valence-corrected chi connectivity index (χ2v) is 9.90. The van der Waals surface area contributed by atoms with Crippen molar-refractivity contribution in [3.05, 3.63) is 33.2 Å². The van der Waals surface area contributed by atoms with Gasteiger partial charge in [-0.1, -0.05) is 0 Å². The molecule has 2 aromatic rings. The average molecular weight is 536 g/mol. The third-order valence-electron chi connectivity index (χ3n) is 5.28. The molecule has 2 heterocycles. The summed E-state index contributed by atoms with van der Waals surface area (Å²) in [6.07, 6.45) is -4.56. The molecule has 2 amide bonds. The molecule has 0 bridgehead atoms. The largest absolute Gasteiger partial charge is 0.497 e. The van der Waals surface area contributed by atoms with Crippen LogP contribution >= 0.6 is 27.3 Å². The predicted octanol–water partition coefficient (Wildman–Crippen LogP) is 4.37. The van der Waals surface area contributed by atoms with Crippen molar-refractivity contribution in [2.24, 2.45) is 5.41 Å². The van der Waals surface area contributed by atoms with Gasteiger partial charge in [0.05, 0.1) is 31.4 Å². The number of likely N-dealkylation sites (tertiary alicyclic amines) is 1. The summed E-state index contributed by atoms with van der Waals surface area (Å²) in [6.45, 7) is 1.38. The van der Waals surface area contributed by atoms with Gasteiger partial charge in [-0.2, -0.15) is 13.2 Å². The van der Waals surface area contributed by atoms with Crippen molar-refractivity contribution >= 4 is 44.8 Å². The van der Waals surface area contributed by atoms with E-state index in [1.165, 1.54) is 49.7 Å². The summed E-state index contributed by atoms with van der Waals surface area (Å²) in [6, 6.07) is 3.83. The molecule has 1 saturated heterocycles. The Hall–Kier alpha value is -2.34. The molecule has 174 valence electrons. The van der Waals surface area contributed by atoms with Crippen molar-refractivity contribution in [1.29, 1.82) is 0 Å². The highest BCUT2D eigenvalue weighted by Crippen LogP contribution is 2.41. The summed E-state index contributed by atoms with van der Waals surface area (Å²) < 4.78 is 50.3. The van der Waals surface area contributed by atoms with E-state index in [2.05, 4.69) is 20.9 Å². The van der Waals surface area contributed by atoms with Crippen molar-refractivity contribution in [3.63, 3.8) is 0 Å². The molecular weight excluding hydrogens is 515 g/mol. The van der Waals surface area contributed by atoms with E-state index in [0.29, 0.717) is 21.1 Å². The maximum absolute atomic E-state index is 13.5. The Morgan fingerprint density at radius 2 is 1.88 bits per heavy atom. The molecule has 1 atom stereocenters. The first-order valence-electron chi connectivity index (χ1n) is 9.41. The Morgan fingerprint density at radius 1 is 1.28 bits per heavy atom. The molecule has 0 saturated carbocycles. The van der Waals surface area contributed by atoms with Crippen LogP contribution in [0.4, 0.5) is 18.9 Å². The third kappa shape index (κ3) is 4.85. The van der Waals surface area contributed by atoms with E-state index in [4.69, 9.17) is 9.47 Å². The molecule has 0 spiro atoms. The fourth-order valence-corrected chi connectivity index (χ4v) is 4.66. The van der Waals surface area contributed by atoms with E-state index in [-0.39, 0.29) is 12.2 Å². The standard InChI is InChI=1S/C20H21BrF3N3O4S/c1-19(2)15(8-26(17(19)29)10-20(22,23)24)27(16(28)14-9-32-18(21)25-14)11-5-12(30-3)7-13(6-11)31-4/h5-7,9,15H,8,10H2,1-4H3. The molecule has 3 rings (SSSR count). The summed E-state index contributed by atoms with van der Waals surface area (Å²) >= 11 is 4.41. The van der Waals surface area contributed by atoms with Crippen LogP contribution in [0.5, 0.6) is 11.5 Å². The zero-order valence-electron chi connectivity index (χ0n) is 17.7. The van der Waals surface area contributed by atoms with Gasteiger partial charge in [0.25, 0.3) is 5.91 Å². The number of thiazole rings is 1. The molecule has 0 N–H and O–H groups in total. The summed E-state index contributed by atoms with van der Waals surface area (Å²) in [5.41, 5.74) is -0.874. The van der Waals surface area contributed by atoms with E-state index in [9.17, 15) is 22.8 Å². The second-order valence-electron chi connectivity index (χ2n) is 7.77. The number of anilines is 1. The van der Waals surface area contributed by atoms with Crippen molar-refractivity contribution in [2.45, 2.75) is 26.1 Å². The maximum Gasteiger partial charge on any atom is 0.406 e. The number of hydrogen-bond donors (Lipinski definition) is 0. The van der Waals surface area contributed by atoms with Gasteiger partial charge in [-0.15, -0.1) is 11.3 Å². The Bertz CT molecular complexity index is 1010. The number of ether oxygens (including phenoxy) is 2. The van der Waals surface area contributed by atoms with Crippen molar-refractivity contribution in [2.75, 3.05) is 32.2 Å². The maximum atomic E-state index is 13.5. The lowest BCUT2D eigenvalue weighted by atomic mass is 9.85. The van der Waals surface area contributed by atoms with E-state index >= 15 is 0 Å². The first-order chi connectivity index (χ1) is 14.9. The molecular formula is C20H21BrF3N3O4S. The van der Waals surface area contributed by atoms with Crippen LogP contribution in [0.3, 0.4) is 0 Å². The van der Waals surface area contributed by atoms with Crippen molar-refractivity contribution < 1.29 is 32.2 Å². The van der Waals surface area contributed by atoms with Crippen molar-refractivity contribution in [3.8, 4) is 11.5 Å². The molecule has 1 fully saturated rings. The average Bonchev–Trinajstić information content (AvgIpc) is 3.24. The van der Waals surface area contributed by atoms with Gasteiger partial charge in [0.2, 0.25) is 5.91 Å². The Balaban J connectivity index is 2.13. The molecule has 1 unspecified atom stereocenters. The molecule has 32 heavy (non-hydrogen) atoms. The van der Waals surface area contributed by atoms with E-state index in [1.54, 1.807) is 18.2 Å². The molecule has 7 nitrogen and oxygen atoms in total. The minimum Gasteiger partial charge on any atom is -0.497 e. The van der Waals surface area contributed by atoms with Crippen LogP contribution in [0.25, 0.3) is 0 Å².